The Bertz CT molecular complexity index is 524. The number of nitrogen functional groups attached to an aromatic ring is 1. The summed E-state index contributed by atoms with van der Waals surface area (Å²) in [6.07, 6.45) is 7.71. The molecule has 1 aromatic rings. The van der Waals surface area contributed by atoms with Gasteiger partial charge in [-0.1, -0.05) is 25.8 Å². The number of carbonyl (C=O) groups excluding carboxylic acids is 1. The van der Waals surface area contributed by atoms with Gasteiger partial charge in [-0.15, -0.1) is 12.4 Å². The molecule has 22 heavy (non-hydrogen) atoms. The molecule has 1 aromatic carbocycles. The molecule has 1 heterocycles. The Morgan fingerprint density at radius 3 is 2.73 bits per heavy atom. The van der Waals surface area contributed by atoms with Crippen molar-refractivity contribution in [2.24, 2.45) is 11.8 Å². The highest BCUT2D eigenvalue weighted by Gasteiger charge is 2.27. The van der Waals surface area contributed by atoms with Crippen molar-refractivity contribution in [1.82, 2.24) is 0 Å². The van der Waals surface area contributed by atoms with Crippen LogP contribution in [0.2, 0.25) is 0 Å². The second-order valence-corrected chi connectivity index (χ2v) is 6.82. The first kappa shape index (κ1) is 17.1. The molecule has 2 aliphatic rings. The van der Waals surface area contributed by atoms with E-state index in [-0.39, 0.29) is 12.4 Å². The lowest BCUT2D eigenvalue weighted by atomic mass is 9.81. The lowest BCUT2D eigenvalue weighted by Crippen LogP contribution is -2.37. The van der Waals surface area contributed by atoms with Crippen LogP contribution in [0.3, 0.4) is 0 Å². The molecule has 1 aliphatic heterocycles. The van der Waals surface area contributed by atoms with Crippen molar-refractivity contribution >= 4 is 29.7 Å². The zero-order chi connectivity index (χ0) is 14.8. The average molecular weight is 323 g/mol. The number of carbonyl (C=O) groups is 1. The fourth-order valence-electron chi connectivity index (χ4n) is 3.80. The lowest BCUT2D eigenvalue weighted by molar-refractivity contribution is -0.119. The van der Waals surface area contributed by atoms with E-state index in [9.17, 15) is 4.79 Å². The number of benzene rings is 1. The van der Waals surface area contributed by atoms with Gasteiger partial charge in [-0.25, -0.2) is 0 Å². The summed E-state index contributed by atoms with van der Waals surface area (Å²) in [5.41, 5.74) is 9.11. The molecular formula is C18H27ClN2O. The number of fused-ring (bicyclic) bond motifs is 1. The third-order valence-corrected chi connectivity index (χ3v) is 5.19. The summed E-state index contributed by atoms with van der Waals surface area (Å²) < 4.78 is 0. The standard InChI is InChI=1S/C18H26N2O.ClH/c1-13-7-9-14(10-8-13)12-18(21)20-11-3-4-15-16(19)5-2-6-17(15)20;/h2,5-6,13-14H,3-4,7-12,19H2,1H3;1H. The second kappa shape index (κ2) is 7.36. The molecule has 0 unspecified atom stereocenters. The Kier molecular flexibility index (Phi) is 5.74. The molecule has 1 saturated carbocycles. The Labute approximate surface area is 139 Å². The molecule has 1 fully saturated rings. The summed E-state index contributed by atoms with van der Waals surface area (Å²) in [5.74, 6) is 1.72. The van der Waals surface area contributed by atoms with E-state index < -0.39 is 0 Å². The summed E-state index contributed by atoms with van der Waals surface area (Å²) >= 11 is 0. The van der Waals surface area contributed by atoms with Crippen LogP contribution in [0.1, 0.15) is 51.0 Å². The normalized spacial score (nSPS) is 24.3. The third-order valence-electron chi connectivity index (χ3n) is 5.19. The van der Waals surface area contributed by atoms with E-state index in [0.29, 0.717) is 18.2 Å². The van der Waals surface area contributed by atoms with Crippen LogP contribution in [0.5, 0.6) is 0 Å². The van der Waals surface area contributed by atoms with E-state index in [1.807, 2.05) is 23.1 Å². The first-order valence-electron chi connectivity index (χ1n) is 8.33. The van der Waals surface area contributed by atoms with Crippen molar-refractivity contribution in [3.05, 3.63) is 23.8 Å². The Hall–Kier alpha value is -1.22. The highest BCUT2D eigenvalue weighted by molar-refractivity contribution is 5.95. The van der Waals surface area contributed by atoms with Crippen LogP contribution >= 0.6 is 12.4 Å². The first-order chi connectivity index (χ1) is 10.1. The first-order valence-corrected chi connectivity index (χ1v) is 8.33. The molecule has 0 aromatic heterocycles. The van der Waals surface area contributed by atoms with E-state index in [0.717, 1.165) is 42.2 Å². The van der Waals surface area contributed by atoms with Gasteiger partial charge in [-0.3, -0.25) is 4.79 Å². The number of halogens is 1. The molecule has 4 heteroatoms. The van der Waals surface area contributed by atoms with Crippen molar-refractivity contribution in [1.29, 1.82) is 0 Å². The molecule has 0 spiro atoms. The Morgan fingerprint density at radius 2 is 2.00 bits per heavy atom. The number of nitrogens with zero attached hydrogens (tertiary/aromatic N) is 1. The quantitative estimate of drug-likeness (QED) is 0.830. The van der Waals surface area contributed by atoms with Gasteiger partial charge in [0.15, 0.2) is 0 Å². The monoisotopic (exact) mass is 322 g/mol. The van der Waals surface area contributed by atoms with Crippen LogP contribution in [-0.2, 0) is 11.2 Å². The number of hydrogen-bond acceptors (Lipinski definition) is 2. The van der Waals surface area contributed by atoms with E-state index in [1.165, 1.54) is 25.7 Å². The molecule has 1 aliphatic carbocycles. The van der Waals surface area contributed by atoms with E-state index in [1.54, 1.807) is 0 Å². The molecule has 3 nitrogen and oxygen atoms in total. The van der Waals surface area contributed by atoms with Crippen LogP contribution in [0.15, 0.2) is 18.2 Å². The fourth-order valence-corrected chi connectivity index (χ4v) is 3.80. The zero-order valence-electron chi connectivity index (χ0n) is 13.4. The molecule has 2 N–H and O–H groups in total. The van der Waals surface area contributed by atoms with Crippen molar-refractivity contribution < 1.29 is 4.79 Å². The van der Waals surface area contributed by atoms with Crippen molar-refractivity contribution in [2.45, 2.75) is 51.9 Å². The van der Waals surface area contributed by atoms with Crippen LogP contribution in [0.25, 0.3) is 0 Å². The number of hydrogen-bond donors (Lipinski definition) is 1. The molecule has 0 atom stereocenters. The second-order valence-electron chi connectivity index (χ2n) is 6.82. The van der Waals surface area contributed by atoms with Gasteiger partial charge in [0, 0.05) is 24.3 Å². The highest BCUT2D eigenvalue weighted by Crippen LogP contribution is 2.34. The van der Waals surface area contributed by atoms with Crippen LogP contribution in [0.4, 0.5) is 11.4 Å². The number of amides is 1. The maximum absolute atomic E-state index is 12.7. The fraction of sp³-hybridized carbons (Fsp3) is 0.611. The largest absolute Gasteiger partial charge is 0.398 e. The average Bonchev–Trinajstić information content (AvgIpc) is 2.49. The van der Waals surface area contributed by atoms with E-state index in [2.05, 4.69) is 6.92 Å². The van der Waals surface area contributed by atoms with Crippen molar-refractivity contribution in [3.63, 3.8) is 0 Å². The molecule has 0 radical (unpaired) electrons. The van der Waals surface area contributed by atoms with Crippen molar-refractivity contribution in [2.75, 3.05) is 17.2 Å². The van der Waals surface area contributed by atoms with Gasteiger partial charge in [0.25, 0.3) is 0 Å². The molecule has 0 saturated heterocycles. The summed E-state index contributed by atoms with van der Waals surface area (Å²) in [6.45, 7) is 3.17. The van der Waals surface area contributed by atoms with Crippen molar-refractivity contribution in [3.8, 4) is 0 Å². The molecule has 1 amide bonds. The number of rotatable bonds is 2. The summed E-state index contributed by atoms with van der Waals surface area (Å²) in [5, 5.41) is 0. The predicted octanol–water partition coefficient (Wildman–Crippen LogP) is 4.19. The zero-order valence-corrected chi connectivity index (χ0v) is 14.2. The topological polar surface area (TPSA) is 46.3 Å². The Balaban J connectivity index is 0.00000176. The van der Waals surface area contributed by atoms with Gasteiger partial charge in [0.1, 0.15) is 0 Å². The van der Waals surface area contributed by atoms with Gasteiger partial charge in [0.2, 0.25) is 5.91 Å². The van der Waals surface area contributed by atoms with Gasteiger partial charge in [-0.2, -0.15) is 0 Å². The highest BCUT2D eigenvalue weighted by atomic mass is 35.5. The predicted molar refractivity (Wildman–Crippen MR) is 94.5 cm³/mol. The van der Waals surface area contributed by atoms with Crippen LogP contribution < -0.4 is 10.6 Å². The molecular weight excluding hydrogens is 296 g/mol. The maximum atomic E-state index is 12.7. The minimum Gasteiger partial charge on any atom is -0.398 e. The molecule has 122 valence electrons. The van der Waals surface area contributed by atoms with E-state index >= 15 is 0 Å². The lowest BCUT2D eigenvalue weighted by Gasteiger charge is -2.32. The minimum atomic E-state index is 0. The summed E-state index contributed by atoms with van der Waals surface area (Å²) in [4.78, 5) is 14.7. The van der Waals surface area contributed by atoms with Gasteiger partial charge in [-0.05, 0) is 55.2 Å². The number of anilines is 2. The van der Waals surface area contributed by atoms with E-state index in [4.69, 9.17) is 5.73 Å². The summed E-state index contributed by atoms with van der Waals surface area (Å²) in [7, 11) is 0. The smallest absolute Gasteiger partial charge is 0.227 e. The Morgan fingerprint density at radius 1 is 1.27 bits per heavy atom. The maximum Gasteiger partial charge on any atom is 0.227 e. The summed E-state index contributed by atoms with van der Waals surface area (Å²) in [6, 6.07) is 5.95. The SMILES string of the molecule is CC1CCC(CC(=O)N2CCCc3c(N)cccc32)CC1.Cl. The van der Waals surface area contributed by atoms with Crippen LogP contribution in [0, 0.1) is 11.8 Å². The minimum absolute atomic E-state index is 0. The van der Waals surface area contributed by atoms with Gasteiger partial charge in [0.05, 0.1) is 0 Å². The van der Waals surface area contributed by atoms with Gasteiger partial charge >= 0.3 is 0 Å². The van der Waals surface area contributed by atoms with Crippen LogP contribution in [-0.4, -0.2) is 12.5 Å². The van der Waals surface area contributed by atoms with Gasteiger partial charge < -0.3 is 10.6 Å². The third kappa shape index (κ3) is 3.57. The molecule has 3 rings (SSSR count). The molecule has 0 bridgehead atoms. The number of nitrogens with two attached hydrogens (primary N) is 1.